The first kappa shape index (κ1) is 13.6. The van der Waals surface area contributed by atoms with Crippen LogP contribution in [-0.2, 0) is 11.2 Å². The van der Waals surface area contributed by atoms with Crippen LogP contribution in [0.4, 0.5) is 5.69 Å². The van der Waals surface area contributed by atoms with E-state index < -0.39 is 0 Å². The summed E-state index contributed by atoms with van der Waals surface area (Å²) in [5.74, 6) is 0.801. The molecule has 0 aliphatic carbocycles. The summed E-state index contributed by atoms with van der Waals surface area (Å²) in [4.78, 5) is 16.0. The number of rotatable bonds is 2. The highest BCUT2D eigenvalue weighted by molar-refractivity contribution is 5.95. The van der Waals surface area contributed by atoms with Gasteiger partial charge in [0.1, 0.15) is 0 Å². The molecular formula is C16H23N3O. The molecule has 2 aliphatic heterocycles. The van der Waals surface area contributed by atoms with Crippen LogP contribution >= 0.6 is 0 Å². The van der Waals surface area contributed by atoms with Gasteiger partial charge in [-0.2, -0.15) is 0 Å². The molecule has 2 heterocycles. The van der Waals surface area contributed by atoms with Crippen LogP contribution in [0.2, 0.25) is 0 Å². The number of amides is 1. The molecule has 1 amide bonds. The Morgan fingerprint density at radius 1 is 1.30 bits per heavy atom. The fraction of sp³-hybridized carbons (Fsp3) is 0.562. The first-order valence-corrected chi connectivity index (χ1v) is 7.40. The zero-order chi connectivity index (χ0) is 14.3. The van der Waals surface area contributed by atoms with Gasteiger partial charge in [0.2, 0.25) is 5.91 Å². The minimum absolute atomic E-state index is 0.217. The normalized spacial score (nSPS) is 26.9. The van der Waals surface area contributed by atoms with Gasteiger partial charge in [-0.15, -0.1) is 0 Å². The van der Waals surface area contributed by atoms with Crippen LogP contribution in [-0.4, -0.2) is 38.0 Å². The van der Waals surface area contributed by atoms with Crippen molar-refractivity contribution in [3.63, 3.8) is 0 Å². The summed E-state index contributed by atoms with van der Waals surface area (Å²) >= 11 is 0. The number of aryl methyl sites for hydroxylation is 1. The number of hydrogen-bond donors (Lipinski definition) is 1. The molecule has 4 heteroatoms. The highest BCUT2D eigenvalue weighted by Crippen LogP contribution is 2.37. The van der Waals surface area contributed by atoms with Crippen LogP contribution in [0.1, 0.15) is 30.0 Å². The monoisotopic (exact) mass is 273 g/mol. The first-order valence-electron chi connectivity index (χ1n) is 7.40. The number of carbonyl (C=O) groups excluding carboxylic acids is 1. The van der Waals surface area contributed by atoms with E-state index in [1.165, 1.54) is 11.1 Å². The largest absolute Gasteiger partial charge is 0.330 e. The lowest BCUT2D eigenvalue weighted by atomic mass is 9.94. The van der Waals surface area contributed by atoms with Crippen molar-refractivity contribution in [3.8, 4) is 0 Å². The molecule has 2 atom stereocenters. The maximum Gasteiger partial charge on any atom is 0.227 e. The Morgan fingerprint density at radius 2 is 2.10 bits per heavy atom. The number of hydrogen-bond acceptors (Lipinski definition) is 3. The van der Waals surface area contributed by atoms with E-state index in [-0.39, 0.29) is 5.91 Å². The van der Waals surface area contributed by atoms with E-state index in [2.05, 4.69) is 30.1 Å². The third-order valence-corrected chi connectivity index (χ3v) is 4.81. The summed E-state index contributed by atoms with van der Waals surface area (Å²) in [7, 11) is 4.04. The fourth-order valence-electron chi connectivity index (χ4n) is 3.52. The summed E-state index contributed by atoms with van der Waals surface area (Å²) in [6.45, 7) is 1.82. The molecule has 0 bridgehead atoms. The van der Waals surface area contributed by atoms with Crippen molar-refractivity contribution in [2.75, 3.05) is 32.1 Å². The van der Waals surface area contributed by atoms with Gasteiger partial charge in [-0.1, -0.05) is 12.1 Å². The van der Waals surface area contributed by atoms with E-state index in [1.54, 1.807) is 4.90 Å². The lowest BCUT2D eigenvalue weighted by Crippen LogP contribution is -2.31. The van der Waals surface area contributed by atoms with Gasteiger partial charge in [0.15, 0.2) is 0 Å². The Kier molecular flexibility index (Phi) is 3.52. The highest BCUT2D eigenvalue weighted by Gasteiger charge is 2.31. The van der Waals surface area contributed by atoms with E-state index in [0.29, 0.717) is 18.4 Å². The molecule has 1 aromatic carbocycles. The number of carbonyl (C=O) groups is 1. The van der Waals surface area contributed by atoms with Gasteiger partial charge in [-0.25, -0.2) is 0 Å². The molecule has 1 fully saturated rings. The van der Waals surface area contributed by atoms with Crippen LogP contribution in [0, 0.1) is 5.92 Å². The zero-order valence-electron chi connectivity index (χ0n) is 12.3. The minimum Gasteiger partial charge on any atom is -0.330 e. The second-order valence-corrected chi connectivity index (χ2v) is 6.13. The third kappa shape index (κ3) is 2.23. The number of benzene rings is 1. The number of nitrogens with zero attached hydrogens (tertiary/aromatic N) is 2. The molecule has 0 spiro atoms. The lowest BCUT2D eigenvalue weighted by Gasteiger charge is -2.28. The molecule has 1 aromatic rings. The molecule has 0 radical (unpaired) electrons. The average Bonchev–Trinajstić information content (AvgIpc) is 2.84. The number of fused-ring (bicyclic) bond motifs is 1. The van der Waals surface area contributed by atoms with Gasteiger partial charge in [-0.05, 0) is 49.5 Å². The Labute approximate surface area is 120 Å². The van der Waals surface area contributed by atoms with Crippen molar-refractivity contribution in [1.82, 2.24) is 4.90 Å². The molecule has 2 N–H and O–H groups in total. The number of nitrogens with two attached hydrogens (primary N) is 1. The molecule has 2 unspecified atom stereocenters. The van der Waals surface area contributed by atoms with Gasteiger partial charge in [0, 0.05) is 31.7 Å². The van der Waals surface area contributed by atoms with Crippen LogP contribution in [0.25, 0.3) is 0 Å². The molecule has 0 saturated carbocycles. The first-order chi connectivity index (χ1) is 9.60. The maximum absolute atomic E-state index is 11.9. The Hall–Kier alpha value is -1.39. The molecule has 1 saturated heterocycles. The molecule has 108 valence electrons. The highest BCUT2D eigenvalue weighted by atomic mass is 16.2. The van der Waals surface area contributed by atoms with E-state index in [1.807, 2.05) is 7.05 Å². The summed E-state index contributed by atoms with van der Waals surface area (Å²) in [5, 5.41) is 0. The quantitative estimate of drug-likeness (QED) is 0.889. The lowest BCUT2D eigenvalue weighted by molar-refractivity contribution is -0.118. The SMILES string of the molecule is CN1C(=O)CCc2ccc(C3CC(CN)CN3C)cc21. The van der Waals surface area contributed by atoms with Gasteiger partial charge < -0.3 is 10.6 Å². The summed E-state index contributed by atoms with van der Waals surface area (Å²) in [6.07, 6.45) is 2.61. The minimum atomic E-state index is 0.217. The average molecular weight is 273 g/mol. The number of likely N-dealkylation sites (tertiary alicyclic amines) is 1. The summed E-state index contributed by atoms with van der Waals surface area (Å²) in [5.41, 5.74) is 9.49. The van der Waals surface area contributed by atoms with E-state index in [0.717, 1.165) is 31.6 Å². The summed E-state index contributed by atoms with van der Waals surface area (Å²) < 4.78 is 0. The predicted octanol–water partition coefficient (Wildman–Crippen LogP) is 1.55. The smallest absolute Gasteiger partial charge is 0.227 e. The second kappa shape index (κ2) is 5.19. The van der Waals surface area contributed by atoms with E-state index in [9.17, 15) is 4.79 Å². The number of anilines is 1. The summed E-state index contributed by atoms with van der Waals surface area (Å²) in [6, 6.07) is 7.05. The maximum atomic E-state index is 11.9. The molecule has 20 heavy (non-hydrogen) atoms. The van der Waals surface area contributed by atoms with Crippen LogP contribution in [0.3, 0.4) is 0 Å². The predicted molar refractivity (Wildman–Crippen MR) is 80.7 cm³/mol. The fourth-order valence-corrected chi connectivity index (χ4v) is 3.52. The van der Waals surface area contributed by atoms with Gasteiger partial charge in [0.25, 0.3) is 0 Å². The van der Waals surface area contributed by atoms with Crippen molar-refractivity contribution in [2.24, 2.45) is 11.7 Å². The molecule has 3 rings (SSSR count). The van der Waals surface area contributed by atoms with Crippen molar-refractivity contribution >= 4 is 11.6 Å². The van der Waals surface area contributed by atoms with Crippen LogP contribution in [0.15, 0.2) is 18.2 Å². The van der Waals surface area contributed by atoms with Crippen molar-refractivity contribution in [3.05, 3.63) is 29.3 Å². The molecule has 0 aromatic heterocycles. The Morgan fingerprint density at radius 3 is 2.80 bits per heavy atom. The third-order valence-electron chi connectivity index (χ3n) is 4.81. The standard InChI is InChI=1S/C16H23N3O/c1-18-10-11(9-17)7-14(18)13-4-3-12-5-6-16(20)19(2)15(12)8-13/h3-4,8,11,14H,5-7,9-10,17H2,1-2H3. The molecule has 4 nitrogen and oxygen atoms in total. The van der Waals surface area contributed by atoms with Crippen molar-refractivity contribution < 1.29 is 4.79 Å². The van der Waals surface area contributed by atoms with Crippen LogP contribution in [0.5, 0.6) is 0 Å². The van der Waals surface area contributed by atoms with Gasteiger partial charge >= 0.3 is 0 Å². The Bertz CT molecular complexity index is 528. The van der Waals surface area contributed by atoms with E-state index in [4.69, 9.17) is 5.73 Å². The molecule has 2 aliphatic rings. The van der Waals surface area contributed by atoms with Crippen molar-refractivity contribution in [2.45, 2.75) is 25.3 Å². The zero-order valence-corrected chi connectivity index (χ0v) is 12.3. The second-order valence-electron chi connectivity index (χ2n) is 6.13. The topological polar surface area (TPSA) is 49.6 Å². The Balaban J connectivity index is 1.91. The van der Waals surface area contributed by atoms with Gasteiger partial charge in [-0.3, -0.25) is 9.69 Å². The molecular weight excluding hydrogens is 250 g/mol. The van der Waals surface area contributed by atoms with Crippen LogP contribution < -0.4 is 10.6 Å². The van der Waals surface area contributed by atoms with E-state index >= 15 is 0 Å². The van der Waals surface area contributed by atoms with Crippen molar-refractivity contribution in [1.29, 1.82) is 0 Å². The van der Waals surface area contributed by atoms with Gasteiger partial charge in [0.05, 0.1) is 0 Å².